The number of piperidine rings is 1. The van der Waals surface area contributed by atoms with Gasteiger partial charge < -0.3 is 9.73 Å². The highest BCUT2D eigenvalue weighted by Gasteiger charge is 2.18. The summed E-state index contributed by atoms with van der Waals surface area (Å²) in [4.78, 5) is 0. The minimum atomic E-state index is 0.561. The molecule has 1 aromatic carbocycles. The molecule has 1 N–H and O–H groups in total. The third-order valence-electron chi connectivity index (χ3n) is 3.14. The Morgan fingerprint density at radius 2 is 2.20 bits per heavy atom. The first kappa shape index (κ1) is 8.98. The van der Waals surface area contributed by atoms with Crippen LogP contribution in [0.2, 0.25) is 0 Å². The van der Waals surface area contributed by atoms with Gasteiger partial charge in [-0.25, -0.2) is 0 Å². The van der Waals surface area contributed by atoms with E-state index in [0.29, 0.717) is 5.92 Å². The van der Waals surface area contributed by atoms with E-state index in [1.807, 2.05) is 12.1 Å². The zero-order valence-corrected chi connectivity index (χ0v) is 8.70. The van der Waals surface area contributed by atoms with Crippen LogP contribution >= 0.6 is 0 Å². The summed E-state index contributed by atoms with van der Waals surface area (Å²) in [6.07, 6.45) is 2.49. The maximum absolute atomic E-state index is 5.87. The van der Waals surface area contributed by atoms with Crippen molar-refractivity contribution in [2.24, 2.45) is 0 Å². The molecule has 1 aliphatic heterocycles. The normalized spacial score (nSPS) is 22.0. The first-order chi connectivity index (χ1) is 7.43. The molecule has 2 nitrogen and oxygen atoms in total. The van der Waals surface area contributed by atoms with E-state index in [9.17, 15) is 0 Å². The van der Waals surface area contributed by atoms with E-state index >= 15 is 0 Å². The topological polar surface area (TPSA) is 25.2 Å². The second-order valence-electron chi connectivity index (χ2n) is 4.23. The molecule has 0 bridgehead atoms. The molecule has 1 fully saturated rings. The fourth-order valence-corrected chi connectivity index (χ4v) is 2.30. The maximum Gasteiger partial charge on any atom is 0.134 e. The molecule has 1 aromatic heterocycles. The van der Waals surface area contributed by atoms with Crippen LogP contribution in [0.4, 0.5) is 0 Å². The van der Waals surface area contributed by atoms with E-state index in [1.165, 1.54) is 18.2 Å². The van der Waals surface area contributed by atoms with Gasteiger partial charge in [0, 0.05) is 17.8 Å². The molecule has 0 saturated carbocycles. The minimum Gasteiger partial charge on any atom is -0.461 e. The molecule has 3 rings (SSSR count). The molecular formula is C13H15NO. The summed E-state index contributed by atoms with van der Waals surface area (Å²) < 4.78 is 5.87. The summed E-state index contributed by atoms with van der Waals surface area (Å²) in [7, 11) is 0. The summed E-state index contributed by atoms with van der Waals surface area (Å²) in [6.45, 7) is 2.20. The van der Waals surface area contributed by atoms with Gasteiger partial charge in [0.15, 0.2) is 0 Å². The molecule has 0 spiro atoms. The molecule has 1 unspecified atom stereocenters. The van der Waals surface area contributed by atoms with Crippen molar-refractivity contribution in [1.82, 2.24) is 5.32 Å². The number of nitrogens with one attached hydrogen (secondary N) is 1. The van der Waals surface area contributed by atoms with E-state index in [1.54, 1.807) is 0 Å². The van der Waals surface area contributed by atoms with Crippen LogP contribution in [0.1, 0.15) is 24.5 Å². The highest BCUT2D eigenvalue weighted by atomic mass is 16.3. The van der Waals surface area contributed by atoms with Crippen LogP contribution in [0.15, 0.2) is 34.7 Å². The van der Waals surface area contributed by atoms with E-state index < -0.39 is 0 Å². The zero-order chi connectivity index (χ0) is 10.1. The second kappa shape index (κ2) is 3.70. The van der Waals surface area contributed by atoms with Crippen LogP contribution in [-0.4, -0.2) is 13.1 Å². The number of furan rings is 1. The van der Waals surface area contributed by atoms with Crippen molar-refractivity contribution in [3.63, 3.8) is 0 Å². The van der Waals surface area contributed by atoms with Crippen molar-refractivity contribution >= 4 is 11.0 Å². The lowest BCUT2D eigenvalue weighted by molar-refractivity contribution is 0.400. The summed E-state index contributed by atoms with van der Waals surface area (Å²) in [5, 5.41) is 4.64. The molecule has 78 valence electrons. The van der Waals surface area contributed by atoms with Crippen molar-refractivity contribution in [3.8, 4) is 0 Å². The minimum absolute atomic E-state index is 0.561. The Hall–Kier alpha value is -1.28. The van der Waals surface area contributed by atoms with Crippen LogP contribution in [0, 0.1) is 0 Å². The summed E-state index contributed by atoms with van der Waals surface area (Å²) in [6, 6.07) is 10.4. The number of para-hydroxylation sites is 1. The first-order valence-electron chi connectivity index (χ1n) is 5.63. The van der Waals surface area contributed by atoms with Gasteiger partial charge in [-0.3, -0.25) is 0 Å². The monoisotopic (exact) mass is 201 g/mol. The van der Waals surface area contributed by atoms with Gasteiger partial charge in [-0.05, 0) is 31.5 Å². The Bertz CT molecular complexity index is 421. The molecule has 0 amide bonds. The van der Waals surface area contributed by atoms with E-state index in [4.69, 9.17) is 4.42 Å². The van der Waals surface area contributed by atoms with Gasteiger partial charge >= 0.3 is 0 Å². The van der Waals surface area contributed by atoms with Crippen molar-refractivity contribution in [3.05, 3.63) is 36.1 Å². The first-order valence-corrected chi connectivity index (χ1v) is 5.63. The molecule has 2 heteroatoms. The second-order valence-corrected chi connectivity index (χ2v) is 4.23. The van der Waals surface area contributed by atoms with Crippen LogP contribution < -0.4 is 5.32 Å². The van der Waals surface area contributed by atoms with Gasteiger partial charge in [0.05, 0.1) is 0 Å². The lowest BCUT2D eigenvalue weighted by Crippen LogP contribution is -2.28. The third kappa shape index (κ3) is 1.65. The Balaban J connectivity index is 1.96. The molecule has 0 aliphatic carbocycles. The van der Waals surface area contributed by atoms with Gasteiger partial charge in [0.25, 0.3) is 0 Å². The van der Waals surface area contributed by atoms with Gasteiger partial charge in [-0.15, -0.1) is 0 Å². The van der Waals surface area contributed by atoms with Crippen LogP contribution in [0.3, 0.4) is 0 Å². The smallest absolute Gasteiger partial charge is 0.134 e. The number of rotatable bonds is 1. The average Bonchev–Trinajstić information content (AvgIpc) is 2.74. The Kier molecular flexibility index (Phi) is 2.22. The zero-order valence-electron chi connectivity index (χ0n) is 8.70. The summed E-state index contributed by atoms with van der Waals surface area (Å²) in [5.41, 5.74) is 1.01. The predicted molar refractivity (Wildman–Crippen MR) is 61.1 cm³/mol. The standard InChI is InChI=1S/C13H15NO/c1-2-6-12-10(4-1)8-13(15-12)11-5-3-7-14-9-11/h1-2,4,6,8,11,14H,3,5,7,9H2. The largest absolute Gasteiger partial charge is 0.461 e. The maximum atomic E-state index is 5.87. The lowest BCUT2D eigenvalue weighted by Gasteiger charge is -2.20. The third-order valence-corrected chi connectivity index (χ3v) is 3.14. The van der Waals surface area contributed by atoms with E-state index in [-0.39, 0.29) is 0 Å². The SMILES string of the molecule is c1ccc2oc(C3CCCNC3)cc2c1. The number of fused-ring (bicyclic) bond motifs is 1. The van der Waals surface area contributed by atoms with Gasteiger partial charge in [-0.1, -0.05) is 18.2 Å². The summed E-state index contributed by atoms with van der Waals surface area (Å²) in [5.74, 6) is 1.70. The number of hydrogen-bond donors (Lipinski definition) is 1. The van der Waals surface area contributed by atoms with Gasteiger partial charge in [-0.2, -0.15) is 0 Å². The van der Waals surface area contributed by atoms with Crippen molar-refractivity contribution < 1.29 is 4.42 Å². The lowest BCUT2D eigenvalue weighted by atomic mass is 9.97. The molecule has 0 radical (unpaired) electrons. The molecule has 2 heterocycles. The molecular weight excluding hydrogens is 186 g/mol. The van der Waals surface area contributed by atoms with Crippen molar-refractivity contribution in [2.45, 2.75) is 18.8 Å². The molecule has 15 heavy (non-hydrogen) atoms. The van der Waals surface area contributed by atoms with Crippen molar-refractivity contribution in [2.75, 3.05) is 13.1 Å². The quantitative estimate of drug-likeness (QED) is 0.767. The van der Waals surface area contributed by atoms with Crippen LogP contribution in [0.25, 0.3) is 11.0 Å². The number of hydrogen-bond acceptors (Lipinski definition) is 2. The molecule has 1 saturated heterocycles. The van der Waals surface area contributed by atoms with E-state index in [0.717, 1.165) is 24.4 Å². The Morgan fingerprint density at radius 3 is 3.00 bits per heavy atom. The highest BCUT2D eigenvalue weighted by molar-refractivity contribution is 5.77. The average molecular weight is 201 g/mol. The van der Waals surface area contributed by atoms with Gasteiger partial charge in [0.2, 0.25) is 0 Å². The van der Waals surface area contributed by atoms with Crippen molar-refractivity contribution in [1.29, 1.82) is 0 Å². The molecule has 2 aromatic rings. The Morgan fingerprint density at radius 1 is 1.27 bits per heavy atom. The molecule has 1 atom stereocenters. The fourth-order valence-electron chi connectivity index (χ4n) is 2.30. The summed E-state index contributed by atoms with van der Waals surface area (Å²) >= 11 is 0. The molecule has 1 aliphatic rings. The number of benzene rings is 1. The predicted octanol–water partition coefficient (Wildman–Crippen LogP) is 2.90. The van der Waals surface area contributed by atoms with Gasteiger partial charge in [0.1, 0.15) is 11.3 Å². The highest BCUT2D eigenvalue weighted by Crippen LogP contribution is 2.28. The van der Waals surface area contributed by atoms with Crippen LogP contribution in [-0.2, 0) is 0 Å². The fraction of sp³-hybridized carbons (Fsp3) is 0.385. The van der Waals surface area contributed by atoms with E-state index in [2.05, 4.69) is 23.5 Å². The van der Waals surface area contributed by atoms with Crippen LogP contribution in [0.5, 0.6) is 0 Å². The Labute approximate surface area is 89.3 Å².